The molecule has 2 fully saturated rings. The molecule has 1 aliphatic carbocycles. The van der Waals surface area contributed by atoms with Crippen molar-refractivity contribution in [3.05, 3.63) is 48.0 Å². The van der Waals surface area contributed by atoms with Gasteiger partial charge in [0.2, 0.25) is 5.91 Å². The quantitative estimate of drug-likeness (QED) is 0.809. The minimum absolute atomic E-state index is 0.0140. The Morgan fingerprint density at radius 2 is 2.04 bits per heavy atom. The van der Waals surface area contributed by atoms with Gasteiger partial charge in [-0.25, -0.2) is 4.39 Å². The Morgan fingerprint density at radius 1 is 1.26 bits per heavy atom. The summed E-state index contributed by atoms with van der Waals surface area (Å²) in [5, 5.41) is 10.7. The largest absolute Gasteiger partial charge is 0.354 e. The van der Waals surface area contributed by atoms with Gasteiger partial charge in [-0.05, 0) is 30.9 Å². The topological polar surface area (TPSA) is 63.1 Å². The lowest BCUT2D eigenvalue weighted by atomic mass is 9.73. The van der Waals surface area contributed by atoms with Gasteiger partial charge in [0.1, 0.15) is 5.82 Å². The standard InChI is InChI=1S/C20H26FN5O/c21-18-8-4-1-5-16(18)13-20(14-25(15-20)17-6-2-3-7-17)19(27)22-9-11-26-12-10-23-24-26/h1,4-5,8,10,12,17H,2-3,6-7,9,11,13-15H2,(H,22,27). The number of carbonyl (C=O) groups is 1. The summed E-state index contributed by atoms with van der Waals surface area (Å²) in [6.45, 7) is 2.49. The number of hydrogen-bond donors (Lipinski definition) is 1. The van der Waals surface area contributed by atoms with Gasteiger partial charge in [0.05, 0.1) is 18.2 Å². The third-order valence-electron chi connectivity index (χ3n) is 5.92. The Labute approximate surface area is 158 Å². The fourth-order valence-electron chi connectivity index (χ4n) is 4.42. The molecule has 1 N–H and O–H groups in total. The Morgan fingerprint density at radius 3 is 2.74 bits per heavy atom. The third kappa shape index (κ3) is 3.88. The molecule has 0 bridgehead atoms. The molecule has 2 heterocycles. The van der Waals surface area contributed by atoms with E-state index in [1.165, 1.54) is 31.7 Å². The number of aromatic nitrogens is 3. The second-order valence-electron chi connectivity index (χ2n) is 7.81. The molecular formula is C20H26FN5O. The van der Waals surface area contributed by atoms with Gasteiger partial charge in [0.15, 0.2) is 0 Å². The van der Waals surface area contributed by atoms with Crippen LogP contribution in [-0.4, -0.2) is 51.5 Å². The minimum atomic E-state index is -0.548. The van der Waals surface area contributed by atoms with Gasteiger partial charge < -0.3 is 5.32 Å². The van der Waals surface area contributed by atoms with Crippen molar-refractivity contribution in [3.8, 4) is 0 Å². The molecule has 0 spiro atoms. The molecule has 1 aliphatic heterocycles. The van der Waals surface area contributed by atoms with Gasteiger partial charge >= 0.3 is 0 Å². The lowest BCUT2D eigenvalue weighted by Gasteiger charge is -2.51. The van der Waals surface area contributed by atoms with Crippen LogP contribution in [0.15, 0.2) is 36.7 Å². The van der Waals surface area contributed by atoms with Gasteiger partial charge in [-0.15, -0.1) is 5.10 Å². The summed E-state index contributed by atoms with van der Waals surface area (Å²) in [7, 11) is 0. The Kier molecular flexibility index (Phi) is 5.20. The van der Waals surface area contributed by atoms with Gasteiger partial charge in [-0.1, -0.05) is 36.3 Å². The van der Waals surface area contributed by atoms with E-state index in [0.717, 1.165) is 0 Å². The van der Waals surface area contributed by atoms with Crippen molar-refractivity contribution in [1.82, 2.24) is 25.2 Å². The number of carbonyl (C=O) groups excluding carboxylic acids is 1. The van der Waals surface area contributed by atoms with Crippen molar-refractivity contribution in [2.45, 2.75) is 44.7 Å². The van der Waals surface area contributed by atoms with Gasteiger partial charge in [-0.3, -0.25) is 14.4 Å². The summed E-state index contributed by atoms with van der Waals surface area (Å²) in [5.74, 6) is -0.216. The second kappa shape index (κ2) is 7.76. The first-order valence-corrected chi connectivity index (χ1v) is 9.76. The monoisotopic (exact) mass is 371 g/mol. The molecule has 1 saturated heterocycles. The summed E-state index contributed by atoms with van der Waals surface area (Å²) < 4.78 is 15.9. The lowest BCUT2D eigenvalue weighted by Crippen LogP contribution is -2.66. The van der Waals surface area contributed by atoms with Crippen LogP contribution in [-0.2, 0) is 17.8 Å². The van der Waals surface area contributed by atoms with Crippen molar-refractivity contribution in [2.24, 2.45) is 5.41 Å². The van der Waals surface area contributed by atoms with Crippen LogP contribution in [0.5, 0.6) is 0 Å². The van der Waals surface area contributed by atoms with Crippen LogP contribution >= 0.6 is 0 Å². The second-order valence-corrected chi connectivity index (χ2v) is 7.81. The molecule has 1 saturated carbocycles. The van der Waals surface area contributed by atoms with E-state index in [4.69, 9.17) is 0 Å². The zero-order valence-electron chi connectivity index (χ0n) is 15.5. The lowest BCUT2D eigenvalue weighted by molar-refractivity contribution is -0.144. The first kappa shape index (κ1) is 18.1. The van der Waals surface area contributed by atoms with Gasteiger partial charge in [0.25, 0.3) is 0 Å². The van der Waals surface area contributed by atoms with Crippen LogP contribution in [0, 0.1) is 11.2 Å². The molecule has 1 amide bonds. The predicted octanol–water partition coefficient (Wildman–Crippen LogP) is 2.02. The summed E-state index contributed by atoms with van der Waals surface area (Å²) in [6, 6.07) is 7.37. The number of benzene rings is 1. The van der Waals surface area contributed by atoms with Crippen LogP contribution in [0.25, 0.3) is 0 Å². The molecule has 6 nitrogen and oxygen atoms in total. The minimum Gasteiger partial charge on any atom is -0.354 e. The van der Waals surface area contributed by atoms with Crippen LogP contribution in [0.4, 0.5) is 4.39 Å². The van der Waals surface area contributed by atoms with E-state index in [-0.39, 0.29) is 11.7 Å². The van der Waals surface area contributed by atoms with Gasteiger partial charge in [-0.2, -0.15) is 0 Å². The van der Waals surface area contributed by atoms with E-state index >= 15 is 0 Å². The van der Waals surface area contributed by atoms with E-state index in [9.17, 15) is 9.18 Å². The van der Waals surface area contributed by atoms with E-state index < -0.39 is 5.41 Å². The molecular weight excluding hydrogens is 345 g/mol. The van der Waals surface area contributed by atoms with Crippen molar-refractivity contribution >= 4 is 5.91 Å². The Hall–Kier alpha value is -2.28. The van der Waals surface area contributed by atoms with Crippen molar-refractivity contribution in [2.75, 3.05) is 19.6 Å². The number of hydrogen-bond acceptors (Lipinski definition) is 4. The highest BCUT2D eigenvalue weighted by atomic mass is 19.1. The molecule has 2 aromatic rings. The van der Waals surface area contributed by atoms with Crippen molar-refractivity contribution in [3.63, 3.8) is 0 Å². The molecule has 7 heteroatoms. The molecule has 27 heavy (non-hydrogen) atoms. The highest BCUT2D eigenvalue weighted by molar-refractivity contribution is 5.84. The first-order chi connectivity index (χ1) is 13.2. The van der Waals surface area contributed by atoms with Gasteiger partial charge in [0, 0.05) is 31.9 Å². The fourth-order valence-corrected chi connectivity index (χ4v) is 4.42. The smallest absolute Gasteiger partial charge is 0.229 e. The van der Waals surface area contributed by atoms with Crippen molar-refractivity contribution < 1.29 is 9.18 Å². The molecule has 0 radical (unpaired) electrons. The predicted molar refractivity (Wildman–Crippen MR) is 99.4 cm³/mol. The van der Waals surface area contributed by atoms with E-state index in [2.05, 4.69) is 20.5 Å². The Bertz CT molecular complexity index is 766. The zero-order valence-corrected chi connectivity index (χ0v) is 15.5. The number of amides is 1. The van der Waals surface area contributed by atoms with E-state index in [1.54, 1.807) is 29.2 Å². The van der Waals surface area contributed by atoms with Crippen LogP contribution in [0.2, 0.25) is 0 Å². The number of halogens is 1. The molecule has 1 aromatic heterocycles. The van der Waals surface area contributed by atoms with Crippen molar-refractivity contribution in [1.29, 1.82) is 0 Å². The molecule has 1 aromatic carbocycles. The third-order valence-corrected chi connectivity index (χ3v) is 5.92. The maximum absolute atomic E-state index is 14.2. The van der Waals surface area contributed by atoms with E-state index in [1.807, 2.05) is 6.07 Å². The molecule has 0 unspecified atom stereocenters. The maximum atomic E-state index is 14.2. The summed E-state index contributed by atoms with van der Waals surface area (Å²) in [4.78, 5) is 15.5. The SMILES string of the molecule is O=C(NCCn1ccnn1)C1(Cc2ccccc2F)CN(C2CCCC2)C1. The molecule has 2 aliphatic rings. The highest BCUT2D eigenvalue weighted by Gasteiger charge is 2.51. The molecule has 0 atom stereocenters. The first-order valence-electron chi connectivity index (χ1n) is 9.76. The average molecular weight is 371 g/mol. The van der Waals surface area contributed by atoms with Crippen LogP contribution in [0.3, 0.4) is 0 Å². The average Bonchev–Trinajstić information content (AvgIpc) is 3.33. The van der Waals surface area contributed by atoms with E-state index in [0.29, 0.717) is 44.2 Å². The fraction of sp³-hybridized carbons (Fsp3) is 0.550. The normalized spacial score (nSPS) is 19.7. The molecule has 4 rings (SSSR count). The number of rotatable bonds is 7. The highest BCUT2D eigenvalue weighted by Crippen LogP contribution is 2.39. The van der Waals surface area contributed by atoms with Crippen LogP contribution < -0.4 is 5.32 Å². The summed E-state index contributed by atoms with van der Waals surface area (Å²) in [6.07, 6.45) is 8.79. The number of nitrogens with zero attached hydrogens (tertiary/aromatic N) is 4. The molecule has 144 valence electrons. The number of likely N-dealkylation sites (tertiary alicyclic amines) is 1. The zero-order chi connectivity index (χ0) is 18.7. The summed E-state index contributed by atoms with van der Waals surface area (Å²) in [5.41, 5.74) is 0.0719. The van der Waals surface area contributed by atoms with Crippen LogP contribution in [0.1, 0.15) is 31.2 Å². The Balaban J connectivity index is 1.42. The number of nitrogens with one attached hydrogen (secondary N) is 1. The summed E-state index contributed by atoms with van der Waals surface area (Å²) >= 11 is 0. The maximum Gasteiger partial charge on any atom is 0.229 e.